The molecule has 1 rings (SSSR count). The van der Waals surface area contributed by atoms with E-state index in [2.05, 4.69) is 4.98 Å². The Morgan fingerprint density at radius 3 is 2.67 bits per heavy atom. The average Bonchev–Trinajstić information content (AvgIpc) is 2.05. The van der Waals surface area contributed by atoms with Crippen LogP contribution in [0.25, 0.3) is 0 Å². The molecule has 0 spiro atoms. The molecule has 12 heavy (non-hydrogen) atoms. The minimum atomic E-state index is -0.881. The molecule has 0 saturated carbocycles. The summed E-state index contributed by atoms with van der Waals surface area (Å²) in [6.45, 7) is -0.118. The number of carbonyl (C=O) groups is 1. The molecular weight excluding hydrogens is 158 g/mol. The van der Waals surface area contributed by atoms with Gasteiger partial charge >= 0.3 is 5.97 Å². The molecule has 1 heterocycles. The van der Waals surface area contributed by atoms with E-state index in [4.69, 9.17) is 10.2 Å². The number of aliphatic carboxylic acids is 1. The van der Waals surface area contributed by atoms with Crippen LogP contribution in [-0.2, 0) is 17.8 Å². The minimum Gasteiger partial charge on any atom is -0.481 e. The molecule has 1 aromatic rings. The second-order valence-electron chi connectivity index (χ2n) is 2.39. The maximum absolute atomic E-state index is 10.2. The fraction of sp³-hybridized carbons (Fsp3) is 0.250. The molecule has 0 aromatic carbocycles. The van der Waals surface area contributed by atoms with Crippen LogP contribution in [0.15, 0.2) is 18.3 Å². The lowest BCUT2D eigenvalue weighted by atomic mass is 10.2. The molecule has 4 heteroatoms. The smallest absolute Gasteiger partial charge is 0.307 e. The third-order valence-electron chi connectivity index (χ3n) is 1.40. The Morgan fingerprint density at radius 1 is 1.50 bits per heavy atom. The fourth-order valence-electron chi connectivity index (χ4n) is 0.828. The molecule has 2 N–H and O–H groups in total. The quantitative estimate of drug-likeness (QED) is 0.674. The largest absolute Gasteiger partial charge is 0.481 e. The third-order valence-corrected chi connectivity index (χ3v) is 1.40. The van der Waals surface area contributed by atoms with Gasteiger partial charge in [0.15, 0.2) is 0 Å². The fourth-order valence-corrected chi connectivity index (χ4v) is 0.828. The summed E-state index contributed by atoms with van der Waals surface area (Å²) in [6.07, 6.45) is 1.43. The van der Waals surface area contributed by atoms with Crippen LogP contribution in [0.2, 0.25) is 0 Å². The molecule has 4 nitrogen and oxygen atoms in total. The van der Waals surface area contributed by atoms with Crippen molar-refractivity contribution in [3.63, 3.8) is 0 Å². The Hall–Kier alpha value is -1.42. The molecule has 0 aliphatic heterocycles. The highest BCUT2D eigenvalue weighted by atomic mass is 16.4. The summed E-state index contributed by atoms with van der Waals surface area (Å²) in [7, 11) is 0. The normalized spacial score (nSPS) is 9.75. The highest BCUT2D eigenvalue weighted by molar-refractivity contribution is 5.69. The van der Waals surface area contributed by atoms with Gasteiger partial charge in [-0.2, -0.15) is 0 Å². The van der Waals surface area contributed by atoms with E-state index in [0.717, 1.165) is 0 Å². The van der Waals surface area contributed by atoms with Gasteiger partial charge < -0.3 is 10.2 Å². The molecule has 0 aliphatic carbocycles. The van der Waals surface area contributed by atoms with Crippen molar-refractivity contribution in [3.05, 3.63) is 29.6 Å². The first-order chi connectivity index (χ1) is 5.72. The van der Waals surface area contributed by atoms with Crippen molar-refractivity contribution in [1.29, 1.82) is 0 Å². The maximum atomic E-state index is 10.2. The Balaban J connectivity index is 2.71. The molecule has 0 saturated heterocycles. The van der Waals surface area contributed by atoms with Crippen molar-refractivity contribution < 1.29 is 15.0 Å². The van der Waals surface area contributed by atoms with E-state index in [9.17, 15) is 4.79 Å². The van der Waals surface area contributed by atoms with Crippen molar-refractivity contribution in [2.24, 2.45) is 0 Å². The molecule has 0 aliphatic rings. The summed E-state index contributed by atoms with van der Waals surface area (Å²) in [4.78, 5) is 14.1. The van der Waals surface area contributed by atoms with Crippen LogP contribution in [0.5, 0.6) is 0 Å². The van der Waals surface area contributed by atoms with Gasteiger partial charge in [0.2, 0.25) is 0 Å². The Labute approximate surface area is 69.5 Å². The van der Waals surface area contributed by atoms with Crippen molar-refractivity contribution >= 4 is 5.97 Å². The first kappa shape index (κ1) is 8.67. The number of aliphatic hydroxyl groups is 1. The molecular formula is C8H9NO3. The van der Waals surface area contributed by atoms with Gasteiger partial charge in [-0.25, -0.2) is 0 Å². The van der Waals surface area contributed by atoms with Gasteiger partial charge in [0.1, 0.15) is 0 Å². The van der Waals surface area contributed by atoms with E-state index in [1.165, 1.54) is 6.20 Å². The van der Waals surface area contributed by atoms with Crippen LogP contribution in [0.1, 0.15) is 11.3 Å². The predicted octanol–water partition coefficient (Wildman–Crippen LogP) is 0.201. The van der Waals surface area contributed by atoms with E-state index in [1.807, 2.05) is 0 Å². The predicted molar refractivity (Wildman–Crippen MR) is 41.5 cm³/mol. The second kappa shape index (κ2) is 3.82. The Morgan fingerprint density at radius 2 is 2.25 bits per heavy atom. The summed E-state index contributed by atoms with van der Waals surface area (Å²) in [5.74, 6) is -0.881. The first-order valence-electron chi connectivity index (χ1n) is 3.49. The summed E-state index contributed by atoms with van der Waals surface area (Å²) in [5, 5.41) is 17.0. The highest BCUT2D eigenvalue weighted by Crippen LogP contribution is 2.00. The van der Waals surface area contributed by atoms with Crippen LogP contribution in [0, 0.1) is 0 Å². The number of hydrogen-bond acceptors (Lipinski definition) is 3. The molecule has 0 radical (unpaired) electrons. The van der Waals surface area contributed by atoms with Gasteiger partial charge in [0.25, 0.3) is 0 Å². The Bertz CT molecular complexity index is 268. The lowest BCUT2D eigenvalue weighted by Crippen LogP contribution is -2.01. The van der Waals surface area contributed by atoms with E-state index in [1.54, 1.807) is 12.1 Å². The molecule has 64 valence electrons. The first-order valence-corrected chi connectivity index (χ1v) is 3.49. The van der Waals surface area contributed by atoms with Gasteiger partial charge in [-0.1, -0.05) is 6.07 Å². The summed E-state index contributed by atoms with van der Waals surface area (Å²) in [6, 6.07) is 3.25. The molecule has 0 fully saturated rings. The third kappa shape index (κ3) is 2.32. The second-order valence-corrected chi connectivity index (χ2v) is 2.39. The number of rotatable bonds is 3. The highest BCUT2D eigenvalue weighted by Gasteiger charge is 1.99. The molecule has 1 aromatic heterocycles. The monoisotopic (exact) mass is 167 g/mol. The van der Waals surface area contributed by atoms with Crippen LogP contribution >= 0.6 is 0 Å². The number of pyridine rings is 1. The van der Waals surface area contributed by atoms with Gasteiger partial charge in [-0.15, -0.1) is 0 Å². The number of aliphatic hydroxyl groups excluding tert-OH is 1. The van der Waals surface area contributed by atoms with E-state index >= 15 is 0 Å². The summed E-state index contributed by atoms with van der Waals surface area (Å²) in [5.41, 5.74) is 1.18. The topological polar surface area (TPSA) is 70.4 Å². The van der Waals surface area contributed by atoms with Crippen molar-refractivity contribution in [3.8, 4) is 0 Å². The van der Waals surface area contributed by atoms with Crippen LogP contribution in [-0.4, -0.2) is 21.2 Å². The SMILES string of the molecule is O=C(O)Cc1ccc(CO)nc1. The van der Waals surface area contributed by atoms with Crippen molar-refractivity contribution in [1.82, 2.24) is 4.98 Å². The summed E-state index contributed by atoms with van der Waals surface area (Å²) < 4.78 is 0. The van der Waals surface area contributed by atoms with Gasteiger partial charge in [-0.3, -0.25) is 9.78 Å². The van der Waals surface area contributed by atoms with E-state index < -0.39 is 5.97 Å². The van der Waals surface area contributed by atoms with E-state index in [0.29, 0.717) is 11.3 Å². The van der Waals surface area contributed by atoms with Gasteiger partial charge in [0.05, 0.1) is 18.7 Å². The van der Waals surface area contributed by atoms with Gasteiger partial charge in [0, 0.05) is 6.20 Å². The average molecular weight is 167 g/mol. The molecule has 0 unspecified atom stereocenters. The lowest BCUT2D eigenvalue weighted by Gasteiger charge is -1.97. The number of carboxylic acids is 1. The lowest BCUT2D eigenvalue weighted by molar-refractivity contribution is -0.136. The number of carboxylic acid groups (broad SMARTS) is 1. The number of hydrogen-bond donors (Lipinski definition) is 2. The molecule has 0 atom stereocenters. The van der Waals surface area contributed by atoms with Crippen molar-refractivity contribution in [2.75, 3.05) is 0 Å². The maximum Gasteiger partial charge on any atom is 0.307 e. The molecule has 0 bridgehead atoms. The zero-order valence-corrected chi connectivity index (χ0v) is 6.40. The zero-order chi connectivity index (χ0) is 8.97. The van der Waals surface area contributed by atoms with Crippen LogP contribution in [0.3, 0.4) is 0 Å². The standard InChI is InChI=1S/C8H9NO3/c10-5-7-2-1-6(4-9-7)3-8(11)12/h1-2,4,10H,3,5H2,(H,11,12). The van der Waals surface area contributed by atoms with Crippen molar-refractivity contribution in [2.45, 2.75) is 13.0 Å². The Kier molecular flexibility index (Phi) is 2.76. The molecule has 0 amide bonds. The zero-order valence-electron chi connectivity index (χ0n) is 6.40. The summed E-state index contributed by atoms with van der Waals surface area (Å²) >= 11 is 0. The van der Waals surface area contributed by atoms with Gasteiger partial charge in [-0.05, 0) is 11.6 Å². The van der Waals surface area contributed by atoms with Crippen LogP contribution in [0.4, 0.5) is 0 Å². The van der Waals surface area contributed by atoms with E-state index in [-0.39, 0.29) is 13.0 Å². The minimum absolute atomic E-state index is 0.0291. The number of nitrogens with zero attached hydrogens (tertiary/aromatic N) is 1. The van der Waals surface area contributed by atoms with Crippen LogP contribution < -0.4 is 0 Å². The number of aromatic nitrogens is 1.